The summed E-state index contributed by atoms with van der Waals surface area (Å²) in [4.78, 5) is 13.2. The third-order valence-electron chi connectivity index (χ3n) is 2.66. The van der Waals surface area contributed by atoms with Crippen molar-refractivity contribution >= 4 is 17.7 Å². The normalized spacial score (nSPS) is 10.1. The lowest BCUT2D eigenvalue weighted by molar-refractivity contribution is 0.0731. The van der Waals surface area contributed by atoms with Gasteiger partial charge < -0.3 is 4.74 Å². The van der Waals surface area contributed by atoms with Gasteiger partial charge in [-0.1, -0.05) is 30.3 Å². The molecule has 0 aromatic heterocycles. The van der Waals surface area contributed by atoms with Crippen molar-refractivity contribution in [2.24, 2.45) is 0 Å². The van der Waals surface area contributed by atoms with Gasteiger partial charge in [-0.05, 0) is 36.8 Å². The molecule has 0 N–H and O–H groups in total. The lowest BCUT2D eigenvalue weighted by Gasteiger charge is -2.08. The SMILES string of the molecule is C=CCSc1ccccc1C(=O)Oc1cccc(C)c1. The molecule has 0 atom stereocenters. The maximum absolute atomic E-state index is 12.2. The lowest BCUT2D eigenvalue weighted by Crippen LogP contribution is -2.09. The minimum Gasteiger partial charge on any atom is -0.423 e. The first-order valence-corrected chi connectivity index (χ1v) is 7.31. The largest absolute Gasteiger partial charge is 0.423 e. The van der Waals surface area contributed by atoms with Gasteiger partial charge in [0.1, 0.15) is 5.75 Å². The Morgan fingerprint density at radius 2 is 2.05 bits per heavy atom. The number of rotatable bonds is 5. The molecule has 0 heterocycles. The molecule has 0 saturated heterocycles. The first-order chi connectivity index (χ1) is 9.70. The molecule has 0 unspecified atom stereocenters. The molecule has 0 saturated carbocycles. The zero-order valence-corrected chi connectivity index (χ0v) is 12.2. The Morgan fingerprint density at radius 3 is 2.80 bits per heavy atom. The van der Waals surface area contributed by atoms with E-state index >= 15 is 0 Å². The van der Waals surface area contributed by atoms with E-state index < -0.39 is 0 Å². The second-order valence-electron chi connectivity index (χ2n) is 4.30. The van der Waals surface area contributed by atoms with E-state index in [1.165, 1.54) is 0 Å². The third-order valence-corrected chi connectivity index (χ3v) is 3.73. The zero-order chi connectivity index (χ0) is 14.4. The van der Waals surface area contributed by atoms with Gasteiger partial charge in [0, 0.05) is 10.6 Å². The predicted molar refractivity (Wildman–Crippen MR) is 83.5 cm³/mol. The zero-order valence-electron chi connectivity index (χ0n) is 11.3. The van der Waals surface area contributed by atoms with E-state index in [0.717, 1.165) is 16.2 Å². The fourth-order valence-electron chi connectivity index (χ4n) is 1.75. The summed E-state index contributed by atoms with van der Waals surface area (Å²) in [5.74, 6) is 0.996. The standard InChI is InChI=1S/C17H16O2S/c1-3-11-20-16-10-5-4-9-15(16)17(18)19-14-8-6-7-13(2)12-14/h3-10,12H,1,11H2,2H3. The number of thioether (sulfide) groups is 1. The average molecular weight is 284 g/mol. The van der Waals surface area contributed by atoms with Crippen LogP contribution in [0.2, 0.25) is 0 Å². The van der Waals surface area contributed by atoms with Gasteiger partial charge in [-0.25, -0.2) is 4.79 Å². The molecule has 0 aliphatic heterocycles. The summed E-state index contributed by atoms with van der Waals surface area (Å²) >= 11 is 1.57. The van der Waals surface area contributed by atoms with Gasteiger partial charge in [0.05, 0.1) is 5.56 Å². The van der Waals surface area contributed by atoms with E-state index in [1.54, 1.807) is 23.9 Å². The highest BCUT2D eigenvalue weighted by Gasteiger charge is 2.13. The number of ether oxygens (including phenoxy) is 1. The first kappa shape index (κ1) is 14.4. The monoisotopic (exact) mass is 284 g/mol. The molecular weight excluding hydrogens is 268 g/mol. The number of esters is 1. The minimum absolute atomic E-state index is 0.331. The van der Waals surface area contributed by atoms with Crippen LogP contribution in [-0.2, 0) is 0 Å². The van der Waals surface area contributed by atoms with E-state index in [9.17, 15) is 4.79 Å². The Labute approximate surface area is 123 Å². The van der Waals surface area contributed by atoms with Crippen LogP contribution in [0.3, 0.4) is 0 Å². The summed E-state index contributed by atoms with van der Waals surface area (Å²) in [7, 11) is 0. The molecule has 0 spiro atoms. The van der Waals surface area contributed by atoms with Crippen LogP contribution in [0.5, 0.6) is 5.75 Å². The van der Waals surface area contributed by atoms with Crippen molar-refractivity contribution in [3.05, 3.63) is 72.3 Å². The number of benzene rings is 2. The smallest absolute Gasteiger partial charge is 0.344 e. The quantitative estimate of drug-likeness (QED) is 0.350. The van der Waals surface area contributed by atoms with Crippen LogP contribution in [0.4, 0.5) is 0 Å². The molecule has 2 nitrogen and oxygen atoms in total. The molecule has 0 amide bonds. The van der Waals surface area contributed by atoms with Gasteiger partial charge in [-0.2, -0.15) is 0 Å². The van der Waals surface area contributed by atoms with Crippen molar-refractivity contribution in [1.82, 2.24) is 0 Å². The number of carbonyl (C=O) groups excluding carboxylic acids is 1. The maximum Gasteiger partial charge on any atom is 0.344 e. The number of carbonyl (C=O) groups is 1. The first-order valence-electron chi connectivity index (χ1n) is 6.32. The van der Waals surface area contributed by atoms with Crippen molar-refractivity contribution in [1.29, 1.82) is 0 Å². The van der Waals surface area contributed by atoms with Crippen LogP contribution in [0.1, 0.15) is 15.9 Å². The summed E-state index contributed by atoms with van der Waals surface area (Å²) < 4.78 is 5.42. The topological polar surface area (TPSA) is 26.3 Å². The van der Waals surface area contributed by atoms with Crippen molar-refractivity contribution in [2.45, 2.75) is 11.8 Å². The van der Waals surface area contributed by atoms with Crippen LogP contribution < -0.4 is 4.74 Å². The highest BCUT2D eigenvalue weighted by Crippen LogP contribution is 2.24. The van der Waals surface area contributed by atoms with E-state index in [0.29, 0.717) is 11.3 Å². The van der Waals surface area contributed by atoms with Crippen molar-refractivity contribution < 1.29 is 9.53 Å². The number of hydrogen-bond donors (Lipinski definition) is 0. The summed E-state index contributed by atoms with van der Waals surface area (Å²) in [6.07, 6.45) is 1.81. The van der Waals surface area contributed by atoms with Crippen molar-refractivity contribution in [2.75, 3.05) is 5.75 Å². The van der Waals surface area contributed by atoms with Gasteiger partial charge in [-0.3, -0.25) is 0 Å². The van der Waals surface area contributed by atoms with Crippen LogP contribution in [0, 0.1) is 6.92 Å². The van der Waals surface area contributed by atoms with Gasteiger partial charge in [0.25, 0.3) is 0 Å². The molecule has 2 aromatic carbocycles. The molecule has 0 bridgehead atoms. The molecule has 20 heavy (non-hydrogen) atoms. The van der Waals surface area contributed by atoms with Gasteiger partial charge >= 0.3 is 5.97 Å². The summed E-state index contributed by atoms with van der Waals surface area (Å²) in [5.41, 5.74) is 1.64. The predicted octanol–water partition coefficient (Wildman–Crippen LogP) is 4.49. The van der Waals surface area contributed by atoms with Crippen LogP contribution >= 0.6 is 11.8 Å². The molecule has 0 radical (unpaired) electrons. The van der Waals surface area contributed by atoms with Crippen molar-refractivity contribution in [3.8, 4) is 5.75 Å². The molecule has 0 aliphatic carbocycles. The Bertz CT molecular complexity index is 620. The Morgan fingerprint density at radius 1 is 1.25 bits per heavy atom. The Hall–Kier alpha value is -2.00. The molecule has 2 aromatic rings. The molecule has 0 aliphatic rings. The van der Waals surface area contributed by atoms with E-state index in [1.807, 2.05) is 49.4 Å². The minimum atomic E-state index is -0.331. The highest BCUT2D eigenvalue weighted by atomic mass is 32.2. The van der Waals surface area contributed by atoms with Crippen molar-refractivity contribution in [3.63, 3.8) is 0 Å². The molecule has 102 valence electrons. The second-order valence-corrected chi connectivity index (χ2v) is 5.36. The highest BCUT2D eigenvalue weighted by molar-refractivity contribution is 7.99. The Balaban J connectivity index is 2.18. The van der Waals surface area contributed by atoms with Crippen LogP contribution in [-0.4, -0.2) is 11.7 Å². The molecule has 3 heteroatoms. The van der Waals surface area contributed by atoms with Crippen LogP contribution in [0.15, 0.2) is 66.1 Å². The van der Waals surface area contributed by atoms with Gasteiger partial charge in [0.2, 0.25) is 0 Å². The van der Waals surface area contributed by atoms with Gasteiger partial charge in [-0.15, -0.1) is 18.3 Å². The summed E-state index contributed by atoms with van der Waals surface area (Å²) in [5, 5.41) is 0. The van der Waals surface area contributed by atoms with E-state index in [-0.39, 0.29) is 5.97 Å². The Kier molecular flexibility index (Phi) is 5.02. The lowest BCUT2D eigenvalue weighted by atomic mass is 10.2. The summed E-state index contributed by atoms with van der Waals surface area (Å²) in [6.45, 7) is 5.65. The third kappa shape index (κ3) is 3.75. The maximum atomic E-state index is 12.2. The number of hydrogen-bond acceptors (Lipinski definition) is 3. The second kappa shape index (κ2) is 6.96. The molecule has 0 fully saturated rings. The molecular formula is C17H16O2S. The molecule has 2 rings (SSSR count). The van der Waals surface area contributed by atoms with E-state index in [4.69, 9.17) is 4.74 Å². The summed E-state index contributed by atoms with van der Waals surface area (Å²) in [6, 6.07) is 14.9. The average Bonchev–Trinajstić information content (AvgIpc) is 2.45. The van der Waals surface area contributed by atoms with Crippen LogP contribution in [0.25, 0.3) is 0 Å². The van der Waals surface area contributed by atoms with Gasteiger partial charge in [0.15, 0.2) is 0 Å². The number of aryl methyl sites for hydroxylation is 1. The fourth-order valence-corrected chi connectivity index (χ4v) is 2.53. The van der Waals surface area contributed by atoms with E-state index in [2.05, 4.69) is 6.58 Å². The fraction of sp³-hybridized carbons (Fsp3) is 0.118.